The Balaban J connectivity index is 1.15. The summed E-state index contributed by atoms with van der Waals surface area (Å²) in [6, 6.07) is 58.7. The molecule has 0 aliphatic rings. The summed E-state index contributed by atoms with van der Waals surface area (Å²) >= 11 is 0. The van der Waals surface area contributed by atoms with Crippen molar-refractivity contribution in [3.63, 3.8) is 0 Å². The van der Waals surface area contributed by atoms with Gasteiger partial charge in [0.15, 0.2) is 17.5 Å². The van der Waals surface area contributed by atoms with Crippen LogP contribution in [0.5, 0.6) is 0 Å². The third kappa shape index (κ3) is 4.67. The Bertz CT molecular complexity index is 2810. The van der Waals surface area contributed by atoms with Crippen molar-refractivity contribution in [1.82, 2.24) is 19.5 Å². The summed E-state index contributed by atoms with van der Waals surface area (Å²) in [5.74, 6) is 1.92. The molecule has 0 saturated heterocycles. The first-order chi connectivity index (χ1) is 24.8. The second-order valence-electron chi connectivity index (χ2n) is 12.5. The van der Waals surface area contributed by atoms with E-state index in [0.29, 0.717) is 17.5 Å². The van der Waals surface area contributed by atoms with Crippen LogP contribution in [0.1, 0.15) is 0 Å². The minimum Gasteiger partial charge on any atom is -0.456 e. The lowest BCUT2D eigenvalue weighted by Gasteiger charge is -2.12. The van der Waals surface area contributed by atoms with Gasteiger partial charge in [-0.05, 0) is 53.6 Å². The van der Waals surface area contributed by atoms with Crippen LogP contribution in [0.4, 0.5) is 0 Å². The molecule has 50 heavy (non-hydrogen) atoms. The Morgan fingerprint density at radius 2 is 0.900 bits per heavy atom. The molecular weight excluding hydrogens is 613 g/mol. The predicted molar refractivity (Wildman–Crippen MR) is 203 cm³/mol. The number of rotatable bonds is 5. The van der Waals surface area contributed by atoms with Crippen molar-refractivity contribution >= 4 is 43.7 Å². The molecule has 0 aliphatic carbocycles. The molecule has 10 rings (SSSR count). The molecule has 0 unspecified atom stereocenters. The van der Waals surface area contributed by atoms with Crippen LogP contribution in [0.2, 0.25) is 0 Å². The van der Waals surface area contributed by atoms with E-state index in [2.05, 4.69) is 102 Å². The minimum absolute atomic E-state index is 0.630. The van der Waals surface area contributed by atoms with Crippen LogP contribution < -0.4 is 0 Å². The highest BCUT2D eigenvalue weighted by atomic mass is 16.3. The Hall–Kier alpha value is -6.85. The number of hydrogen-bond acceptors (Lipinski definition) is 4. The Morgan fingerprint density at radius 3 is 1.66 bits per heavy atom. The van der Waals surface area contributed by atoms with E-state index < -0.39 is 0 Å². The summed E-state index contributed by atoms with van der Waals surface area (Å²) in [4.78, 5) is 14.9. The Morgan fingerprint density at radius 1 is 0.340 bits per heavy atom. The molecule has 0 saturated carbocycles. The van der Waals surface area contributed by atoms with E-state index in [9.17, 15) is 0 Å². The molecule has 0 fully saturated rings. The summed E-state index contributed by atoms with van der Waals surface area (Å²) in [6.07, 6.45) is 0. The van der Waals surface area contributed by atoms with Gasteiger partial charge >= 0.3 is 0 Å². The molecule has 3 heterocycles. The zero-order chi connectivity index (χ0) is 33.0. The molecule has 234 valence electrons. The molecule has 5 heteroatoms. The van der Waals surface area contributed by atoms with E-state index >= 15 is 0 Å². The zero-order valence-electron chi connectivity index (χ0n) is 26.9. The van der Waals surface area contributed by atoms with Crippen LogP contribution in [0.25, 0.3) is 94.7 Å². The average Bonchev–Trinajstić information content (AvgIpc) is 3.73. The van der Waals surface area contributed by atoms with Gasteiger partial charge in [0, 0.05) is 43.9 Å². The van der Waals surface area contributed by atoms with Gasteiger partial charge in [0.2, 0.25) is 0 Å². The van der Waals surface area contributed by atoms with Gasteiger partial charge in [-0.1, -0.05) is 127 Å². The fourth-order valence-corrected chi connectivity index (χ4v) is 7.06. The molecular formula is C45H28N4O. The molecule has 0 radical (unpaired) electrons. The second-order valence-corrected chi connectivity index (χ2v) is 12.5. The van der Waals surface area contributed by atoms with Crippen LogP contribution in [-0.4, -0.2) is 19.5 Å². The minimum atomic E-state index is 0.630. The fourth-order valence-electron chi connectivity index (χ4n) is 7.06. The number of para-hydroxylation sites is 2. The van der Waals surface area contributed by atoms with Crippen molar-refractivity contribution < 1.29 is 4.42 Å². The lowest BCUT2D eigenvalue weighted by Crippen LogP contribution is -2.00. The van der Waals surface area contributed by atoms with Crippen LogP contribution in [0.3, 0.4) is 0 Å². The molecule has 0 N–H and O–H groups in total. The summed E-state index contributed by atoms with van der Waals surface area (Å²) in [6.45, 7) is 0. The number of fused-ring (bicyclic) bond motifs is 6. The number of hydrogen-bond donors (Lipinski definition) is 0. The molecule has 10 aromatic rings. The Kier molecular flexibility index (Phi) is 6.42. The van der Waals surface area contributed by atoms with Gasteiger partial charge in [-0.25, -0.2) is 15.0 Å². The third-order valence-corrected chi connectivity index (χ3v) is 9.45. The number of furan rings is 1. The first kappa shape index (κ1) is 28.2. The van der Waals surface area contributed by atoms with Gasteiger partial charge in [0.1, 0.15) is 11.2 Å². The summed E-state index contributed by atoms with van der Waals surface area (Å²) in [5, 5.41) is 4.60. The standard InChI is InChI=1S/C45H28N4O/c1-3-12-29(13-4-1)43-46-44(30-14-5-2-6-15-30)48-45(47-43)33-22-24-36-35-18-7-9-20-39(35)49(40(36)28-33)34-17-11-16-31(26-34)32-23-25-42-38(27-32)37-19-8-10-21-41(37)50-42/h1-28H. The fraction of sp³-hybridized carbons (Fsp3) is 0. The summed E-state index contributed by atoms with van der Waals surface area (Å²) in [5.41, 5.74) is 10.2. The van der Waals surface area contributed by atoms with Gasteiger partial charge in [0.05, 0.1) is 11.0 Å². The van der Waals surface area contributed by atoms with E-state index in [1.54, 1.807) is 0 Å². The van der Waals surface area contributed by atoms with E-state index in [-0.39, 0.29) is 0 Å². The van der Waals surface area contributed by atoms with Gasteiger partial charge in [-0.15, -0.1) is 0 Å². The van der Waals surface area contributed by atoms with Gasteiger partial charge in [-0.3, -0.25) is 0 Å². The van der Waals surface area contributed by atoms with E-state index in [0.717, 1.165) is 66.5 Å². The van der Waals surface area contributed by atoms with E-state index in [1.807, 2.05) is 72.8 Å². The monoisotopic (exact) mass is 640 g/mol. The average molecular weight is 641 g/mol. The van der Waals surface area contributed by atoms with Crippen LogP contribution in [0.15, 0.2) is 174 Å². The van der Waals surface area contributed by atoms with E-state index in [1.165, 1.54) is 10.8 Å². The summed E-state index contributed by atoms with van der Waals surface area (Å²) in [7, 11) is 0. The normalized spacial score (nSPS) is 11.6. The molecule has 0 spiro atoms. The zero-order valence-corrected chi connectivity index (χ0v) is 26.9. The molecule has 0 aliphatic heterocycles. The molecule has 0 amide bonds. The Labute approximate surface area is 287 Å². The van der Waals surface area contributed by atoms with Gasteiger partial charge in [0.25, 0.3) is 0 Å². The summed E-state index contributed by atoms with van der Waals surface area (Å²) < 4.78 is 8.46. The van der Waals surface area contributed by atoms with Crippen molar-refractivity contribution in [1.29, 1.82) is 0 Å². The van der Waals surface area contributed by atoms with Crippen LogP contribution in [0, 0.1) is 0 Å². The lowest BCUT2D eigenvalue weighted by molar-refractivity contribution is 0.669. The molecule has 7 aromatic carbocycles. The maximum Gasteiger partial charge on any atom is 0.164 e. The van der Waals surface area contributed by atoms with E-state index in [4.69, 9.17) is 19.4 Å². The largest absolute Gasteiger partial charge is 0.456 e. The second kappa shape index (κ2) is 11.4. The van der Waals surface area contributed by atoms with Gasteiger partial charge in [-0.2, -0.15) is 0 Å². The number of nitrogens with zero attached hydrogens (tertiary/aromatic N) is 4. The van der Waals surface area contributed by atoms with Crippen molar-refractivity contribution in [2.24, 2.45) is 0 Å². The molecule has 5 nitrogen and oxygen atoms in total. The van der Waals surface area contributed by atoms with Crippen molar-refractivity contribution in [3.05, 3.63) is 170 Å². The van der Waals surface area contributed by atoms with Gasteiger partial charge < -0.3 is 8.98 Å². The first-order valence-electron chi connectivity index (χ1n) is 16.7. The molecule has 3 aromatic heterocycles. The van der Waals surface area contributed by atoms with Crippen molar-refractivity contribution in [2.75, 3.05) is 0 Å². The quantitative estimate of drug-likeness (QED) is 0.188. The number of benzene rings is 7. The maximum atomic E-state index is 6.12. The highest BCUT2D eigenvalue weighted by Gasteiger charge is 2.17. The van der Waals surface area contributed by atoms with Crippen LogP contribution >= 0.6 is 0 Å². The smallest absolute Gasteiger partial charge is 0.164 e. The van der Waals surface area contributed by atoms with Crippen molar-refractivity contribution in [3.8, 4) is 51.0 Å². The topological polar surface area (TPSA) is 56.7 Å². The predicted octanol–water partition coefficient (Wildman–Crippen LogP) is 11.5. The van der Waals surface area contributed by atoms with Crippen molar-refractivity contribution in [2.45, 2.75) is 0 Å². The molecule has 0 bridgehead atoms. The van der Waals surface area contributed by atoms with Crippen LogP contribution in [-0.2, 0) is 0 Å². The molecule has 0 atom stereocenters. The third-order valence-electron chi connectivity index (χ3n) is 9.45. The highest BCUT2D eigenvalue weighted by Crippen LogP contribution is 2.37. The maximum absolute atomic E-state index is 6.12. The first-order valence-corrected chi connectivity index (χ1v) is 16.7. The SMILES string of the molecule is c1ccc(-c2nc(-c3ccccc3)nc(-c3ccc4c5ccccc5n(-c5cccc(-c6ccc7oc8ccccc8c7c6)c5)c4c3)n2)cc1. The lowest BCUT2D eigenvalue weighted by atomic mass is 10.0. The number of aromatic nitrogens is 4. The highest BCUT2D eigenvalue weighted by molar-refractivity contribution is 6.10.